The van der Waals surface area contributed by atoms with Crippen LogP contribution in [-0.4, -0.2) is 42.5 Å². The van der Waals surface area contributed by atoms with E-state index in [1.165, 1.54) is 0 Å². The lowest BCUT2D eigenvalue weighted by Crippen LogP contribution is -2.66. The van der Waals surface area contributed by atoms with Crippen molar-refractivity contribution >= 4 is 5.91 Å². The molecule has 1 rings (SSSR count). The van der Waals surface area contributed by atoms with Gasteiger partial charge in [0.2, 0.25) is 5.91 Å². The molecule has 0 spiro atoms. The molecule has 1 aliphatic heterocycles. The number of nitrogens with zero attached hydrogens (tertiary/aromatic N) is 1. The van der Waals surface area contributed by atoms with Crippen LogP contribution in [0.3, 0.4) is 0 Å². The zero-order valence-electron chi connectivity index (χ0n) is 8.47. The van der Waals surface area contributed by atoms with E-state index in [-0.39, 0.29) is 11.4 Å². The first-order valence-corrected chi connectivity index (χ1v) is 4.81. The highest BCUT2D eigenvalue weighted by Gasteiger charge is 2.35. The van der Waals surface area contributed by atoms with Crippen LogP contribution < -0.4 is 11.1 Å². The summed E-state index contributed by atoms with van der Waals surface area (Å²) >= 11 is 0. The molecule has 1 aliphatic rings. The molecule has 0 saturated carbocycles. The first kappa shape index (κ1) is 10.5. The van der Waals surface area contributed by atoms with Gasteiger partial charge >= 0.3 is 0 Å². The normalized spacial score (nSPS) is 20.8. The predicted octanol–water partition coefficient (Wildman–Crippen LogP) is -0.454. The van der Waals surface area contributed by atoms with Crippen molar-refractivity contribution in [2.45, 2.75) is 25.8 Å². The van der Waals surface area contributed by atoms with E-state index >= 15 is 0 Å². The lowest BCUT2D eigenvalue weighted by atomic mass is 9.94. The summed E-state index contributed by atoms with van der Waals surface area (Å²) in [5.74, 6) is 0.109. The number of nitrogens with two attached hydrogens (primary N) is 1. The third kappa shape index (κ3) is 3.32. The van der Waals surface area contributed by atoms with Gasteiger partial charge in [-0.05, 0) is 13.3 Å². The molecule has 0 aliphatic carbocycles. The van der Waals surface area contributed by atoms with Gasteiger partial charge in [-0.3, -0.25) is 9.69 Å². The number of amides is 1. The van der Waals surface area contributed by atoms with E-state index in [2.05, 4.69) is 10.2 Å². The Morgan fingerprint density at radius 1 is 1.62 bits per heavy atom. The summed E-state index contributed by atoms with van der Waals surface area (Å²) in [6.45, 7) is 6.97. The Hall–Kier alpha value is -0.610. The van der Waals surface area contributed by atoms with Gasteiger partial charge in [-0.1, -0.05) is 6.92 Å². The van der Waals surface area contributed by atoms with Crippen LogP contribution in [0.5, 0.6) is 0 Å². The number of nitrogens with one attached hydrogen (secondary N) is 1. The van der Waals surface area contributed by atoms with Gasteiger partial charge in [0.25, 0.3) is 0 Å². The Balaban J connectivity index is 2.10. The first-order valence-electron chi connectivity index (χ1n) is 4.81. The maximum atomic E-state index is 11.2. The minimum absolute atomic E-state index is 0.0783. The molecule has 1 heterocycles. The second-order valence-corrected chi connectivity index (χ2v) is 4.15. The van der Waals surface area contributed by atoms with Crippen molar-refractivity contribution in [3.05, 3.63) is 0 Å². The van der Waals surface area contributed by atoms with E-state index in [9.17, 15) is 4.79 Å². The number of carbonyl (C=O) groups is 1. The molecule has 1 saturated heterocycles. The summed E-state index contributed by atoms with van der Waals surface area (Å²) in [4.78, 5) is 13.3. The van der Waals surface area contributed by atoms with Gasteiger partial charge in [0.1, 0.15) is 0 Å². The Bertz CT molecular complexity index is 183. The van der Waals surface area contributed by atoms with Crippen LogP contribution in [-0.2, 0) is 4.79 Å². The predicted molar refractivity (Wildman–Crippen MR) is 52.3 cm³/mol. The summed E-state index contributed by atoms with van der Waals surface area (Å²) in [6, 6.07) is 0. The Morgan fingerprint density at radius 2 is 2.23 bits per heavy atom. The highest BCUT2D eigenvalue weighted by atomic mass is 16.2. The zero-order chi connectivity index (χ0) is 9.90. The molecule has 13 heavy (non-hydrogen) atoms. The third-order valence-electron chi connectivity index (χ3n) is 2.11. The summed E-state index contributed by atoms with van der Waals surface area (Å²) < 4.78 is 0. The van der Waals surface area contributed by atoms with Crippen molar-refractivity contribution in [1.82, 2.24) is 10.2 Å². The molecule has 0 aromatic rings. The summed E-state index contributed by atoms with van der Waals surface area (Å²) in [7, 11) is 0. The molecule has 1 fully saturated rings. The average Bonchev–Trinajstić information content (AvgIpc) is 1.97. The summed E-state index contributed by atoms with van der Waals surface area (Å²) in [6.07, 6.45) is 0.986. The fourth-order valence-corrected chi connectivity index (χ4v) is 1.61. The van der Waals surface area contributed by atoms with Crippen LogP contribution in [0.2, 0.25) is 0 Å². The van der Waals surface area contributed by atoms with E-state index in [0.717, 1.165) is 26.1 Å². The summed E-state index contributed by atoms with van der Waals surface area (Å²) in [5, 5.41) is 2.84. The van der Waals surface area contributed by atoms with Crippen molar-refractivity contribution in [3.63, 3.8) is 0 Å². The minimum atomic E-state index is -0.0783. The van der Waals surface area contributed by atoms with Crippen molar-refractivity contribution in [2.24, 2.45) is 5.73 Å². The number of carbonyl (C=O) groups excluding carboxylic acids is 1. The molecule has 0 bridgehead atoms. The van der Waals surface area contributed by atoms with Gasteiger partial charge in [0.05, 0.1) is 6.54 Å². The van der Waals surface area contributed by atoms with E-state index in [4.69, 9.17) is 5.73 Å². The summed E-state index contributed by atoms with van der Waals surface area (Å²) in [5.41, 5.74) is 5.74. The molecule has 3 N–H and O–H groups in total. The molecule has 0 aromatic heterocycles. The SMILES string of the molecule is CCCNC(=O)CN1CC(C)(N)C1. The van der Waals surface area contributed by atoms with Crippen LogP contribution in [0.1, 0.15) is 20.3 Å². The molecule has 0 unspecified atom stereocenters. The van der Waals surface area contributed by atoms with Crippen LogP contribution in [0.25, 0.3) is 0 Å². The second kappa shape index (κ2) is 4.07. The smallest absolute Gasteiger partial charge is 0.234 e. The molecule has 76 valence electrons. The highest BCUT2D eigenvalue weighted by molar-refractivity contribution is 5.78. The van der Waals surface area contributed by atoms with Gasteiger partial charge in [-0.25, -0.2) is 0 Å². The average molecular weight is 185 g/mol. The molecule has 0 radical (unpaired) electrons. The maximum Gasteiger partial charge on any atom is 0.234 e. The largest absolute Gasteiger partial charge is 0.355 e. The van der Waals surface area contributed by atoms with Gasteiger partial charge < -0.3 is 11.1 Å². The van der Waals surface area contributed by atoms with Crippen LogP contribution in [0, 0.1) is 0 Å². The van der Waals surface area contributed by atoms with E-state index in [1.54, 1.807) is 0 Å². The number of hydrogen-bond acceptors (Lipinski definition) is 3. The third-order valence-corrected chi connectivity index (χ3v) is 2.11. The van der Waals surface area contributed by atoms with E-state index in [0.29, 0.717) is 6.54 Å². The molecular formula is C9H19N3O. The quantitative estimate of drug-likeness (QED) is 0.623. The van der Waals surface area contributed by atoms with Gasteiger partial charge in [-0.15, -0.1) is 0 Å². The van der Waals surface area contributed by atoms with E-state index in [1.807, 2.05) is 13.8 Å². The zero-order valence-corrected chi connectivity index (χ0v) is 8.47. The van der Waals surface area contributed by atoms with Gasteiger partial charge in [0, 0.05) is 25.2 Å². The second-order valence-electron chi connectivity index (χ2n) is 4.15. The van der Waals surface area contributed by atoms with Crippen LogP contribution in [0.4, 0.5) is 0 Å². The van der Waals surface area contributed by atoms with Crippen molar-refractivity contribution < 1.29 is 4.79 Å². The lowest BCUT2D eigenvalue weighted by molar-refractivity contribution is -0.123. The number of hydrogen-bond donors (Lipinski definition) is 2. The van der Waals surface area contributed by atoms with E-state index < -0.39 is 0 Å². The molecule has 4 heteroatoms. The molecule has 1 amide bonds. The van der Waals surface area contributed by atoms with Gasteiger partial charge in [-0.2, -0.15) is 0 Å². The topological polar surface area (TPSA) is 58.4 Å². The standard InChI is InChI=1S/C9H19N3O/c1-3-4-11-8(13)5-12-6-9(2,10)7-12/h3-7,10H2,1-2H3,(H,11,13). The van der Waals surface area contributed by atoms with Gasteiger partial charge in [0.15, 0.2) is 0 Å². The highest BCUT2D eigenvalue weighted by Crippen LogP contribution is 2.15. The molecule has 4 nitrogen and oxygen atoms in total. The first-order chi connectivity index (χ1) is 6.03. The molecule has 0 aromatic carbocycles. The monoisotopic (exact) mass is 185 g/mol. The Labute approximate surface area is 79.5 Å². The van der Waals surface area contributed by atoms with Crippen molar-refractivity contribution in [2.75, 3.05) is 26.2 Å². The maximum absolute atomic E-state index is 11.2. The minimum Gasteiger partial charge on any atom is -0.355 e. The number of likely N-dealkylation sites (tertiary alicyclic amines) is 1. The Morgan fingerprint density at radius 3 is 2.69 bits per heavy atom. The fraction of sp³-hybridized carbons (Fsp3) is 0.889. The molecule has 0 atom stereocenters. The number of rotatable bonds is 4. The lowest BCUT2D eigenvalue weighted by Gasteiger charge is -2.44. The molecular weight excluding hydrogens is 166 g/mol. The fourth-order valence-electron chi connectivity index (χ4n) is 1.61. The van der Waals surface area contributed by atoms with Crippen LogP contribution in [0.15, 0.2) is 0 Å². The van der Waals surface area contributed by atoms with Crippen LogP contribution >= 0.6 is 0 Å². The Kier molecular flexibility index (Phi) is 3.27. The van der Waals surface area contributed by atoms with Crippen molar-refractivity contribution in [1.29, 1.82) is 0 Å². The van der Waals surface area contributed by atoms with Crippen molar-refractivity contribution in [3.8, 4) is 0 Å².